The summed E-state index contributed by atoms with van der Waals surface area (Å²) in [6.07, 6.45) is 2.60. The summed E-state index contributed by atoms with van der Waals surface area (Å²) < 4.78 is 1.90. The molecular weight excluding hydrogens is 226 g/mol. The van der Waals surface area contributed by atoms with Gasteiger partial charge in [0.15, 0.2) is 5.69 Å². The number of likely N-dealkylation sites (tertiary alicyclic amines) is 1. The standard InChI is InChI=1S/C13H21N5/c1-13(2,3)12-11(10-14)15-16-18(12)9-8-17-6-4-5-7-17/h4-9H2,1-3H3. The average molecular weight is 247 g/mol. The zero-order valence-electron chi connectivity index (χ0n) is 11.5. The van der Waals surface area contributed by atoms with Crippen LogP contribution in [0, 0.1) is 11.3 Å². The van der Waals surface area contributed by atoms with Crippen LogP contribution in [-0.4, -0.2) is 39.5 Å². The summed E-state index contributed by atoms with van der Waals surface area (Å²) in [7, 11) is 0. The molecule has 0 saturated carbocycles. The molecule has 18 heavy (non-hydrogen) atoms. The Morgan fingerprint density at radius 2 is 1.89 bits per heavy atom. The van der Waals surface area contributed by atoms with Crippen molar-refractivity contribution in [3.63, 3.8) is 0 Å². The molecule has 0 unspecified atom stereocenters. The van der Waals surface area contributed by atoms with Crippen molar-refractivity contribution < 1.29 is 0 Å². The van der Waals surface area contributed by atoms with Gasteiger partial charge < -0.3 is 4.90 Å². The summed E-state index contributed by atoms with van der Waals surface area (Å²) in [6.45, 7) is 10.5. The van der Waals surface area contributed by atoms with Crippen LogP contribution in [0.5, 0.6) is 0 Å². The summed E-state index contributed by atoms with van der Waals surface area (Å²) in [5, 5.41) is 17.2. The molecule has 1 saturated heterocycles. The fourth-order valence-corrected chi connectivity index (χ4v) is 2.53. The van der Waals surface area contributed by atoms with E-state index in [0.29, 0.717) is 5.69 Å². The first-order chi connectivity index (χ1) is 8.52. The molecule has 5 heteroatoms. The number of hydrogen-bond donors (Lipinski definition) is 0. The van der Waals surface area contributed by atoms with E-state index in [4.69, 9.17) is 5.26 Å². The van der Waals surface area contributed by atoms with Gasteiger partial charge in [-0.2, -0.15) is 5.26 Å². The second kappa shape index (κ2) is 5.07. The van der Waals surface area contributed by atoms with Gasteiger partial charge in [-0.3, -0.25) is 0 Å². The highest BCUT2D eigenvalue weighted by Crippen LogP contribution is 2.24. The molecule has 5 nitrogen and oxygen atoms in total. The van der Waals surface area contributed by atoms with Crippen molar-refractivity contribution in [3.05, 3.63) is 11.4 Å². The lowest BCUT2D eigenvalue weighted by atomic mass is 9.90. The Labute approximate surface area is 108 Å². The van der Waals surface area contributed by atoms with Gasteiger partial charge in [0, 0.05) is 12.0 Å². The van der Waals surface area contributed by atoms with E-state index in [1.54, 1.807) is 0 Å². The molecule has 0 aromatic carbocycles. The molecule has 1 fully saturated rings. The van der Waals surface area contributed by atoms with Crippen LogP contribution < -0.4 is 0 Å². The molecule has 1 aromatic rings. The summed E-state index contributed by atoms with van der Waals surface area (Å²) in [5.74, 6) is 0. The van der Waals surface area contributed by atoms with Gasteiger partial charge in [-0.1, -0.05) is 26.0 Å². The number of aromatic nitrogens is 3. The first-order valence-corrected chi connectivity index (χ1v) is 6.59. The molecule has 0 aliphatic carbocycles. The molecule has 1 aliphatic rings. The molecule has 0 bridgehead atoms. The predicted molar refractivity (Wildman–Crippen MR) is 69.1 cm³/mol. The maximum Gasteiger partial charge on any atom is 0.186 e. The van der Waals surface area contributed by atoms with Crippen LogP contribution in [-0.2, 0) is 12.0 Å². The molecule has 0 spiro atoms. The van der Waals surface area contributed by atoms with E-state index in [2.05, 4.69) is 42.1 Å². The van der Waals surface area contributed by atoms with E-state index < -0.39 is 0 Å². The Kier molecular flexibility index (Phi) is 3.67. The maximum atomic E-state index is 9.10. The van der Waals surface area contributed by atoms with Crippen LogP contribution >= 0.6 is 0 Å². The van der Waals surface area contributed by atoms with Crippen LogP contribution in [0.2, 0.25) is 0 Å². The summed E-state index contributed by atoms with van der Waals surface area (Å²) >= 11 is 0. The van der Waals surface area contributed by atoms with E-state index in [1.807, 2.05) is 4.68 Å². The van der Waals surface area contributed by atoms with Gasteiger partial charge >= 0.3 is 0 Å². The third kappa shape index (κ3) is 2.70. The molecule has 2 heterocycles. The van der Waals surface area contributed by atoms with Crippen LogP contribution in [0.3, 0.4) is 0 Å². The van der Waals surface area contributed by atoms with Gasteiger partial charge in [-0.15, -0.1) is 5.10 Å². The zero-order chi connectivity index (χ0) is 13.2. The van der Waals surface area contributed by atoms with Crippen molar-refractivity contribution in [2.45, 2.75) is 45.6 Å². The molecule has 0 amide bonds. The van der Waals surface area contributed by atoms with E-state index in [-0.39, 0.29) is 5.41 Å². The Balaban J connectivity index is 2.12. The van der Waals surface area contributed by atoms with Crippen LogP contribution in [0.1, 0.15) is 45.0 Å². The highest BCUT2D eigenvalue weighted by Gasteiger charge is 2.25. The normalized spacial score (nSPS) is 17.0. The number of rotatable bonds is 3. The first kappa shape index (κ1) is 13.0. The minimum absolute atomic E-state index is 0.0976. The fraction of sp³-hybridized carbons (Fsp3) is 0.769. The van der Waals surface area contributed by atoms with Gasteiger partial charge in [-0.05, 0) is 25.9 Å². The van der Waals surface area contributed by atoms with Crippen molar-refractivity contribution in [3.8, 4) is 6.07 Å². The van der Waals surface area contributed by atoms with Crippen LogP contribution in [0.25, 0.3) is 0 Å². The Bertz CT molecular complexity index is 443. The second-order valence-corrected chi connectivity index (χ2v) is 5.92. The minimum Gasteiger partial charge on any atom is -0.301 e. The first-order valence-electron chi connectivity index (χ1n) is 6.59. The van der Waals surface area contributed by atoms with Gasteiger partial charge in [0.1, 0.15) is 6.07 Å². The van der Waals surface area contributed by atoms with E-state index >= 15 is 0 Å². The summed E-state index contributed by atoms with van der Waals surface area (Å²) in [6, 6.07) is 2.14. The summed E-state index contributed by atoms with van der Waals surface area (Å²) in [5.41, 5.74) is 1.31. The highest BCUT2D eigenvalue weighted by atomic mass is 15.4. The molecule has 1 aromatic heterocycles. The smallest absolute Gasteiger partial charge is 0.186 e. The maximum absolute atomic E-state index is 9.10. The van der Waals surface area contributed by atoms with Gasteiger partial charge in [0.2, 0.25) is 0 Å². The zero-order valence-corrected chi connectivity index (χ0v) is 11.5. The van der Waals surface area contributed by atoms with Gasteiger partial charge in [-0.25, -0.2) is 4.68 Å². The monoisotopic (exact) mass is 247 g/mol. The van der Waals surface area contributed by atoms with Crippen molar-refractivity contribution in [2.24, 2.45) is 0 Å². The third-order valence-corrected chi connectivity index (χ3v) is 3.38. The Morgan fingerprint density at radius 1 is 1.22 bits per heavy atom. The van der Waals surface area contributed by atoms with Gasteiger partial charge in [0.05, 0.1) is 12.2 Å². The molecule has 98 valence electrons. The van der Waals surface area contributed by atoms with E-state index in [0.717, 1.165) is 18.8 Å². The van der Waals surface area contributed by atoms with Gasteiger partial charge in [0.25, 0.3) is 0 Å². The van der Waals surface area contributed by atoms with E-state index in [1.165, 1.54) is 25.9 Å². The number of nitriles is 1. The topological polar surface area (TPSA) is 57.7 Å². The molecule has 0 atom stereocenters. The van der Waals surface area contributed by atoms with Crippen LogP contribution in [0.15, 0.2) is 0 Å². The van der Waals surface area contributed by atoms with E-state index in [9.17, 15) is 0 Å². The van der Waals surface area contributed by atoms with Crippen molar-refractivity contribution in [1.82, 2.24) is 19.9 Å². The average Bonchev–Trinajstić information content (AvgIpc) is 2.94. The molecular formula is C13H21N5. The lowest BCUT2D eigenvalue weighted by molar-refractivity contribution is 0.307. The molecule has 0 N–H and O–H groups in total. The second-order valence-electron chi connectivity index (χ2n) is 5.92. The lowest BCUT2D eigenvalue weighted by Crippen LogP contribution is -2.27. The molecule has 0 radical (unpaired) electrons. The quantitative estimate of drug-likeness (QED) is 0.813. The number of hydrogen-bond acceptors (Lipinski definition) is 4. The van der Waals surface area contributed by atoms with Crippen molar-refractivity contribution in [1.29, 1.82) is 5.26 Å². The minimum atomic E-state index is -0.0976. The summed E-state index contributed by atoms with van der Waals surface area (Å²) in [4.78, 5) is 2.44. The Morgan fingerprint density at radius 3 is 2.44 bits per heavy atom. The SMILES string of the molecule is CC(C)(C)c1c(C#N)nnn1CCN1CCCC1. The highest BCUT2D eigenvalue weighted by molar-refractivity contribution is 5.29. The van der Waals surface area contributed by atoms with Crippen molar-refractivity contribution in [2.75, 3.05) is 19.6 Å². The van der Waals surface area contributed by atoms with Crippen molar-refractivity contribution >= 4 is 0 Å². The Hall–Kier alpha value is -1.41. The molecule has 2 rings (SSSR count). The number of nitrogens with zero attached hydrogens (tertiary/aromatic N) is 5. The van der Waals surface area contributed by atoms with Crippen LogP contribution in [0.4, 0.5) is 0 Å². The predicted octanol–water partition coefficient (Wildman–Crippen LogP) is 1.54. The fourth-order valence-electron chi connectivity index (χ4n) is 2.53. The largest absolute Gasteiger partial charge is 0.301 e. The molecule has 1 aliphatic heterocycles. The third-order valence-electron chi connectivity index (χ3n) is 3.38. The lowest BCUT2D eigenvalue weighted by Gasteiger charge is -2.21.